The van der Waals surface area contributed by atoms with Crippen molar-refractivity contribution in [3.63, 3.8) is 0 Å². The third-order valence-electron chi connectivity index (χ3n) is 2.48. The molecule has 0 amide bonds. The highest BCUT2D eigenvalue weighted by Gasteiger charge is 2.06. The summed E-state index contributed by atoms with van der Waals surface area (Å²) in [5.74, 6) is -1.54. The molecule has 0 saturated carbocycles. The van der Waals surface area contributed by atoms with E-state index in [4.69, 9.17) is 0 Å². The second-order valence-electron chi connectivity index (χ2n) is 3.72. The third-order valence-corrected chi connectivity index (χ3v) is 3.41. The SMILES string of the molecule is Fc1cccc(CNCCc2cccs2)c1F. The van der Waals surface area contributed by atoms with E-state index < -0.39 is 11.6 Å². The lowest BCUT2D eigenvalue weighted by Gasteiger charge is -2.05. The van der Waals surface area contributed by atoms with Crippen LogP contribution in [0.15, 0.2) is 35.7 Å². The van der Waals surface area contributed by atoms with E-state index in [0.717, 1.165) is 19.0 Å². The lowest BCUT2D eigenvalue weighted by molar-refractivity contribution is 0.493. The Kier molecular flexibility index (Phi) is 4.23. The Morgan fingerprint density at radius 1 is 1.12 bits per heavy atom. The molecule has 90 valence electrons. The van der Waals surface area contributed by atoms with Crippen molar-refractivity contribution in [1.29, 1.82) is 0 Å². The fourth-order valence-electron chi connectivity index (χ4n) is 1.57. The number of hydrogen-bond donors (Lipinski definition) is 1. The van der Waals surface area contributed by atoms with Crippen LogP contribution in [-0.4, -0.2) is 6.54 Å². The van der Waals surface area contributed by atoms with Gasteiger partial charge >= 0.3 is 0 Å². The van der Waals surface area contributed by atoms with Crippen molar-refractivity contribution in [2.75, 3.05) is 6.54 Å². The molecule has 1 heterocycles. The van der Waals surface area contributed by atoms with Crippen molar-refractivity contribution < 1.29 is 8.78 Å². The molecule has 0 saturated heterocycles. The summed E-state index contributed by atoms with van der Waals surface area (Å²) >= 11 is 1.70. The monoisotopic (exact) mass is 253 g/mol. The van der Waals surface area contributed by atoms with Gasteiger partial charge in [0.05, 0.1) is 0 Å². The van der Waals surface area contributed by atoms with Crippen LogP contribution < -0.4 is 5.32 Å². The molecule has 1 aromatic heterocycles. The summed E-state index contributed by atoms with van der Waals surface area (Å²) in [6.07, 6.45) is 0.911. The summed E-state index contributed by atoms with van der Waals surface area (Å²) < 4.78 is 26.2. The van der Waals surface area contributed by atoms with E-state index in [0.29, 0.717) is 12.1 Å². The molecular weight excluding hydrogens is 240 g/mol. The molecule has 1 N–H and O–H groups in total. The first-order valence-corrected chi connectivity index (χ1v) is 6.31. The fourth-order valence-corrected chi connectivity index (χ4v) is 2.28. The first-order chi connectivity index (χ1) is 8.27. The average Bonchev–Trinajstić information content (AvgIpc) is 2.83. The van der Waals surface area contributed by atoms with Gasteiger partial charge in [0.15, 0.2) is 11.6 Å². The molecule has 0 atom stereocenters. The van der Waals surface area contributed by atoms with E-state index in [2.05, 4.69) is 11.4 Å². The van der Waals surface area contributed by atoms with E-state index in [1.165, 1.54) is 10.9 Å². The van der Waals surface area contributed by atoms with Crippen LogP contribution >= 0.6 is 11.3 Å². The molecule has 4 heteroatoms. The van der Waals surface area contributed by atoms with Crippen LogP contribution in [0.4, 0.5) is 8.78 Å². The Morgan fingerprint density at radius 3 is 2.76 bits per heavy atom. The minimum Gasteiger partial charge on any atom is -0.312 e. The zero-order chi connectivity index (χ0) is 12.1. The number of benzene rings is 1. The van der Waals surface area contributed by atoms with E-state index >= 15 is 0 Å². The zero-order valence-electron chi connectivity index (χ0n) is 9.25. The van der Waals surface area contributed by atoms with Crippen LogP contribution in [0.5, 0.6) is 0 Å². The van der Waals surface area contributed by atoms with Gasteiger partial charge in [-0.25, -0.2) is 8.78 Å². The predicted octanol–water partition coefficient (Wildman–Crippen LogP) is 3.36. The van der Waals surface area contributed by atoms with Crippen LogP contribution in [0.1, 0.15) is 10.4 Å². The first kappa shape index (κ1) is 12.2. The maximum atomic E-state index is 13.3. The summed E-state index contributed by atoms with van der Waals surface area (Å²) in [5, 5.41) is 5.14. The highest BCUT2D eigenvalue weighted by Crippen LogP contribution is 2.11. The van der Waals surface area contributed by atoms with Gasteiger partial charge in [-0.2, -0.15) is 0 Å². The van der Waals surface area contributed by atoms with Gasteiger partial charge in [0, 0.05) is 23.5 Å². The van der Waals surface area contributed by atoms with Crippen molar-refractivity contribution >= 4 is 11.3 Å². The molecule has 0 aliphatic heterocycles. The van der Waals surface area contributed by atoms with Crippen LogP contribution in [0, 0.1) is 11.6 Å². The fraction of sp³-hybridized carbons (Fsp3) is 0.231. The first-order valence-electron chi connectivity index (χ1n) is 5.43. The highest BCUT2D eigenvalue weighted by atomic mass is 32.1. The quantitative estimate of drug-likeness (QED) is 0.806. The Labute approximate surface area is 103 Å². The number of hydrogen-bond acceptors (Lipinski definition) is 2. The molecule has 2 rings (SSSR count). The van der Waals surface area contributed by atoms with Gasteiger partial charge < -0.3 is 5.32 Å². The van der Waals surface area contributed by atoms with E-state index in [9.17, 15) is 8.78 Å². The van der Waals surface area contributed by atoms with Gasteiger partial charge in [-0.1, -0.05) is 18.2 Å². The van der Waals surface area contributed by atoms with Gasteiger partial charge in [-0.3, -0.25) is 0 Å². The Morgan fingerprint density at radius 2 is 2.00 bits per heavy atom. The van der Waals surface area contributed by atoms with Crippen molar-refractivity contribution in [2.45, 2.75) is 13.0 Å². The molecule has 17 heavy (non-hydrogen) atoms. The molecule has 0 radical (unpaired) electrons. The van der Waals surface area contributed by atoms with Crippen molar-refractivity contribution in [1.82, 2.24) is 5.32 Å². The summed E-state index contributed by atoms with van der Waals surface area (Å²) in [6.45, 7) is 1.12. The van der Waals surface area contributed by atoms with E-state index in [-0.39, 0.29) is 0 Å². The zero-order valence-corrected chi connectivity index (χ0v) is 10.1. The van der Waals surface area contributed by atoms with Crippen molar-refractivity contribution in [2.24, 2.45) is 0 Å². The molecular formula is C13H13F2NS. The van der Waals surface area contributed by atoms with Gasteiger partial charge in [-0.05, 0) is 23.9 Å². The van der Waals surface area contributed by atoms with Crippen LogP contribution in [0.2, 0.25) is 0 Å². The largest absolute Gasteiger partial charge is 0.312 e. The maximum Gasteiger partial charge on any atom is 0.163 e. The van der Waals surface area contributed by atoms with Crippen LogP contribution in [-0.2, 0) is 13.0 Å². The van der Waals surface area contributed by atoms with Gasteiger partial charge in [0.1, 0.15) is 0 Å². The molecule has 2 aromatic rings. The summed E-state index contributed by atoms with van der Waals surface area (Å²) in [5.41, 5.74) is 0.371. The van der Waals surface area contributed by atoms with Gasteiger partial charge in [0.2, 0.25) is 0 Å². The summed E-state index contributed by atoms with van der Waals surface area (Å²) in [7, 11) is 0. The van der Waals surface area contributed by atoms with Gasteiger partial charge in [-0.15, -0.1) is 11.3 Å². The number of halogens is 2. The second-order valence-corrected chi connectivity index (χ2v) is 4.75. The Hall–Kier alpha value is -1.26. The smallest absolute Gasteiger partial charge is 0.163 e. The number of thiophene rings is 1. The molecule has 0 unspecified atom stereocenters. The van der Waals surface area contributed by atoms with E-state index in [1.807, 2.05) is 11.4 Å². The lowest BCUT2D eigenvalue weighted by atomic mass is 10.2. The van der Waals surface area contributed by atoms with Crippen molar-refractivity contribution in [3.8, 4) is 0 Å². The van der Waals surface area contributed by atoms with E-state index in [1.54, 1.807) is 17.4 Å². The van der Waals surface area contributed by atoms with Crippen LogP contribution in [0.25, 0.3) is 0 Å². The molecule has 0 aliphatic carbocycles. The minimum absolute atomic E-state index is 0.356. The second kappa shape index (κ2) is 5.89. The standard InChI is InChI=1S/C13H13F2NS/c14-12-5-1-3-10(13(12)15)9-16-7-6-11-4-2-8-17-11/h1-5,8,16H,6-7,9H2. The molecule has 0 fully saturated rings. The molecule has 0 aliphatic rings. The molecule has 0 bridgehead atoms. The Bertz CT molecular complexity index is 468. The predicted molar refractivity (Wildman–Crippen MR) is 66.1 cm³/mol. The summed E-state index contributed by atoms with van der Waals surface area (Å²) in [6, 6.07) is 8.32. The van der Waals surface area contributed by atoms with Crippen molar-refractivity contribution in [3.05, 3.63) is 57.8 Å². The lowest BCUT2D eigenvalue weighted by Crippen LogP contribution is -2.17. The average molecular weight is 253 g/mol. The maximum absolute atomic E-state index is 13.3. The molecule has 1 nitrogen and oxygen atoms in total. The molecule has 0 spiro atoms. The topological polar surface area (TPSA) is 12.0 Å². The third kappa shape index (κ3) is 3.35. The summed E-state index contributed by atoms with van der Waals surface area (Å²) in [4.78, 5) is 1.29. The highest BCUT2D eigenvalue weighted by molar-refractivity contribution is 7.09. The minimum atomic E-state index is -0.789. The molecule has 1 aromatic carbocycles. The number of rotatable bonds is 5. The normalized spacial score (nSPS) is 10.7. The number of nitrogens with one attached hydrogen (secondary N) is 1. The Balaban J connectivity index is 1.80. The van der Waals surface area contributed by atoms with Crippen LogP contribution in [0.3, 0.4) is 0 Å². The van der Waals surface area contributed by atoms with Gasteiger partial charge in [0.25, 0.3) is 0 Å².